The van der Waals surface area contributed by atoms with Gasteiger partial charge in [0.05, 0.1) is 0 Å². The highest BCUT2D eigenvalue weighted by Crippen LogP contribution is 2.21. The molecule has 0 bridgehead atoms. The Morgan fingerprint density at radius 2 is 1.96 bits per heavy atom. The fraction of sp³-hybridized carbons (Fsp3) is 0.368. The quantitative estimate of drug-likeness (QED) is 0.847. The van der Waals surface area contributed by atoms with E-state index in [1.807, 2.05) is 29.2 Å². The third-order valence-corrected chi connectivity index (χ3v) is 5.13. The summed E-state index contributed by atoms with van der Waals surface area (Å²) in [5, 5.41) is 4.32. The number of pyridine rings is 1. The van der Waals surface area contributed by atoms with E-state index in [9.17, 15) is 4.79 Å². The van der Waals surface area contributed by atoms with Gasteiger partial charge in [-0.25, -0.2) is 4.79 Å². The van der Waals surface area contributed by atoms with E-state index in [1.54, 1.807) is 18.5 Å². The Bertz CT molecular complexity index is 734. The first-order valence-electron chi connectivity index (χ1n) is 8.70. The number of nitrogens with one attached hydrogen (secondary N) is 1. The predicted octanol–water partition coefficient (Wildman–Crippen LogP) is 3.46. The van der Waals surface area contributed by atoms with Crippen molar-refractivity contribution in [2.75, 3.05) is 32.7 Å². The molecule has 2 amide bonds. The van der Waals surface area contributed by atoms with Gasteiger partial charge in [-0.2, -0.15) is 0 Å². The first kappa shape index (κ1) is 19.0. The largest absolute Gasteiger partial charge is 0.334 e. The standard InChI is InChI=1S/C19H22Cl2N4O/c20-17-4-3-16(18(21)12-17)5-7-24-8-10-25(11-9-24)19(26)23-14-15-2-1-6-22-13-15/h1-4,6,12-13H,5,7-11,14H2,(H,23,26). The third kappa shape index (κ3) is 5.34. The molecule has 0 atom stereocenters. The number of hydrogen-bond acceptors (Lipinski definition) is 3. The first-order chi connectivity index (χ1) is 12.6. The number of benzene rings is 1. The Morgan fingerprint density at radius 1 is 1.15 bits per heavy atom. The number of rotatable bonds is 5. The molecule has 138 valence electrons. The van der Waals surface area contributed by atoms with E-state index in [2.05, 4.69) is 15.2 Å². The van der Waals surface area contributed by atoms with Crippen LogP contribution in [0.5, 0.6) is 0 Å². The fourth-order valence-corrected chi connectivity index (χ4v) is 3.47. The van der Waals surface area contributed by atoms with Crippen molar-refractivity contribution in [2.24, 2.45) is 0 Å². The molecule has 0 aliphatic carbocycles. The molecule has 5 nitrogen and oxygen atoms in total. The summed E-state index contributed by atoms with van der Waals surface area (Å²) in [4.78, 5) is 20.6. The Hall–Kier alpha value is -1.82. The SMILES string of the molecule is O=C(NCc1cccnc1)N1CCN(CCc2ccc(Cl)cc2Cl)CC1. The number of carbonyl (C=O) groups is 1. The second-order valence-electron chi connectivity index (χ2n) is 6.33. The number of carbonyl (C=O) groups excluding carboxylic acids is 1. The van der Waals surface area contributed by atoms with Gasteiger partial charge in [0.2, 0.25) is 0 Å². The van der Waals surface area contributed by atoms with Gasteiger partial charge < -0.3 is 10.2 Å². The Kier molecular flexibility index (Phi) is 6.72. The molecule has 1 aliphatic heterocycles. The average molecular weight is 393 g/mol. The van der Waals surface area contributed by atoms with Crippen LogP contribution in [0.4, 0.5) is 4.79 Å². The highest BCUT2D eigenvalue weighted by Gasteiger charge is 2.20. The Labute approximate surface area is 163 Å². The number of nitrogens with zero attached hydrogens (tertiary/aromatic N) is 3. The highest BCUT2D eigenvalue weighted by molar-refractivity contribution is 6.35. The van der Waals surface area contributed by atoms with Crippen LogP contribution in [0.3, 0.4) is 0 Å². The van der Waals surface area contributed by atoms with Crippen molar-refractivity contribution >= 4 is 29.2 Å². The van der Waals surface area contributed by atoms with Crippen molar-refractivity contribution in [2.45, 2.75) is 13.0 Å². The predicted molar refractivity (Wildman–Crippen MR) is 105 cm³/mol. The molecule has 1 saturated heterocycles. The lowest BCUT2D eigenvalue weighted by Gasteiger charge is -2.34. The zero-order valence-corrected chi connectivity index (χ0v) is 16.0. The van der Waals surface area contributed by atoms with Crippen molar-refractivity contribution < 1.29 is 4.79 Å². The molecule has 26 heavy (non-hydrogen) atoms. The van der Waals surface area contributed by atoms with E-state index in [0.717, 1.165) is 50.3 Å². The molecule has 0 unspecified atom stereocenters. The van der Waals surface area contributed by atoms with Gasteiger partial charge in [-0.15, -0.1) is 0 Å². The Balaban J connectivity index is 1.40. The van der Waals surface area contributed by atoms with Gasteiger partial charge in [-0.3, -0.25) is 9.88 Å². The van der Waals surface area contributed by atoms with Crippen LogP contribution >= 0.6 is 23.2 Å². The van der Waals surface area contributed by atoms with Crippen LogP contribution in [0.1, 0.15) is 11.1 Å². The van der Waals surface area contributed by atoms with Gasteiger partial charge in [0.1, 0.15) is 0 Å². The zero-order chi connectivity index (χ0) is 18.4. The maximum atomic E-state index is 12.3. The molecule has 7 heteroatoms. The summed E-state index contributed by atoms with van der Waals surface area (Å²) in [5.74, 6) is 0. The molecule has 0 spiro atoms. The van der Waals surface area contributed by atoms with Crippen molar-refractivity contribution in [3.63, 3.8) is 0 Å². The molecule has 0 radical (unpaired) electrons. The number of halogens is 2. The topological polar surface area (TPSA) is 48.5 Å². The molecule has 3 rings (SSSR count). The third-order valence-electron chi connectivity index (χ3n) is 4.54. The van der Waals surface area contributed by atoms with Crippen LogP contribution in [-0.4, -0.2) is 53.5 Å². The zero-order valence-electron chi connectivity index (χ0n) is 14.5. The monoisotopic (exact) mass is 392 g/mol. The van der Waals surface area contributed by atoms with Crippen LogP contribution in [0, 0.1) is 0 Å². The van der Waals surface area contributed by atoms with E-state index >= 15 is 0 Å². The van der Waals surface area contributed by atoms with E-state index in [0.29, 0.717) is 16.6 Å². The minimum atomic E-state index is -0.0192. The number of urea groups is 1. The lowest BCUT2D eigenvalue weighted by molar-refractivity contribution is 0.140. The fourth-order valence-electron chi connectivity index (χ4n) is 2.97. The number of amides is 2. The van der Waals surface area contributed by atoms with Crippen LogP contribution in [0.2, 0.25) is 10.0 Å². The molecule has 1 N–H and O–H groups in total. The summed E-state index contributed by atoms with van der Waals surface area (Å²) >= 11 is 12.2. The van der Waals surface area contributed by atoms with Crippen LogP contribution in [-0.2, 0) is 13.0 Å². The minimum absolute atomic E-state index is 0.0192. The van der Waals surface area contributed by atoms with Crippen molar-refractivity contribution in [3.05, 3.63) is 63.9 Å². The van der Waals surface area contributed by atoms with Crippen LogP contribution < -0.4 is 5.32 Å². The number of piperazine rings is 1. The molecule has 2 heterocycles. The summed E-state index contributed by atoms with van der Waals surface area (Å²) in [7, 11) is 0. The molecule has 1 aromatic carbocycles. The smallest absolute Gasteiger partial charge is 0.317 e. The Morgan fingerprint density at radius 3 is 2.65 bits per heavy atom. The summed E-state index contributed by atoms with van der Waals surface area (Å²) in [5.41, 5.74) is 2.10. The van der Waals surface area contributed by atoms with Gasteiger partial charge >= 0.3 is 6.03 Å². The van der Waals surface area contributed by atoms with E-state index in [-0.39, 0.29) is 6.03 Å². The lowest BCUT2D eigenvalue weighted by atomic mass is 10.1. The molecule has 1 aromatic heterocycles. The maximum Gasteiger partial charge on any atom is 0.317 e. The minimum Gasteiger partial charge on any atom is -0.334 e. The van der Waals surface area contributed by atoms with Crippen LogP contribution in [0.15, 0.2) is 42.7 Å². The average Bonchev–Trinajstić information content (AvgIpc) is 2.67. The molecule has 1 aliphatic rings. The van der Waals surface area contributed by atoms with E-state index < -0.39 is 0 Å². The summed E-state index contributed by atoms with van der Waals surface area (Å²) in [6, 6.07) is 9.43. The van der Waals surface area contributed by atoms with Crippen LogP contribution in [0.25, 0.3) is 0 Å². The van der Waals surface area contributed by atoms with Gasteiger partial charge in [-0.05, 0) is 35.7 Å². The molecular formula is C19H22Cl2N4O. The summed E-state index contributed by atoms with van der Waals surface area (Å²) in [6.45, 7) is 4.62. The van der Waals surface area contributed by atoms with Gasteiger partial charge in [0.15, 0.2) is 0 Å². The maximum absolute atomic E-state index is 12.3. The van der Waals surface area contributed by atoms with Crippen molar-refractivity contribution in [1.29, 1.82) is 0 Å². The number of hydrogen-bond donors (Lipinski definition) is 1. The molecule has 2 aromatic rings. The van der Waals surface area contributed by atoms with E-state index in [1.165, 1.54) is 0 Å². The number of aromatic nitrogens is 1. The van der Waals surface area contributed by atoms with Gasteiger partial charge in [-0.1, -0.05) is 35.3 Å². The lowest BCUT2D eigenvalue weighted by Crippen LogP contribution is -2.51. The normalized spacial score (nSPS) is 15.1. The van der Waals surface area contributed by atoms with Crippen molar-refractivity contribution in [1.82, 2.24) is 20.1 Å². The molecular weight excluding hydrogens is 371 g/mol. The first-order valence-corrected chi connectivity index (χ1v) is 9.45. The van der Waals surface area contributed by atoms with Crippen molar-refractivity contribution in [3.8, 4) is 0 Å². The van der Waals surface area contributed by atoms with E-state index in [4.69, 9.17) is 23.2 Å². The summed E-state index contributed by atoms with van der Waals surface area (Å²) < 4.78 is 0. The highest BCUT2D eigenvalue weighted by atomic mass is 35.5. The van der Waals surface area contributed by atoms with Gasteiger partial charge in [0, 0.05) is 61.7 Å². The second-order valence-corrected chi connectivity index (χ2v) is 7.18. The second kappa shape index (κ2) is 9.21. The molecule has 1 fully saturated rings. The van der Waals surface area contributed by atoms with Gasteiger partial charge in [0.25, 0.3) is 0 Å². The molecule has 0 saturated carbocycles. The summed E-state index contributed by atoms with van der Waals surface area (Å²) in [6.07, 6.45) is 4.37.